The molecule has 19 heavy (non-hydrogen) atoms. The molecule has 2 unspecified atom stereocenters. The van der Waals surface area contributed by atoms with Gasteiger partial charge in [-0.2, -0.15) is 0 Å². The Morgan fingerprint density at radius 3 is 2.84 bits per heavy atom. The summed E-state index contributed by atoms with van der Waals surface area (Å²) in [6, 6.07) is 0.00480. The van der Waals surface area contributed by atoms with Crippen LogP contribution in [0.4, 0.5) is 0 Å². The van der Waals surface area contributed by atoms with E-state index in [2.05, 4.69) is 17.6 Å². The van der Waals surface area contributed by atoms with Crippen LogP contribution in [0.3, 0.4) is 0 Å². The van der Waals surface area contributed by atoms with Gasteiger partial charge < -0.3 is 15.4 Å². The van der Waals surface area contributed by atoms with Crippen LogP contribution in [0.5, 0.6) is 0 Å². The first-order valence-corrected chi connectivity index (χ1v) is 7.92. The Balaban J connectivity index is 1.58. The summed E-state index contributed by atoms with van der Waals surface area (Å²) in [6.07, 6.45) is 8.76. The second kappa shape index (κ2) is 7.85. The zero-order valence-corrected chi connectivity index (χ0v) is 12.1. The maximum absolute atomic E-state index is 12.0. The van der Waals surface area contributed by atoms with E-state index in [0.717, 1.165) is 13.0 Å². The van der Waals surface area contributed by atoms with Gasteiger partial charge in [-0.25, -0.2) is 0 Å². The third-order valence-electron chi connectivity index (χ3n) is 4.46. The minimum atomic E-state index is 0.00480. The van der Waals surface area contributed by atoms with Gasteiger partial charge in [-0.1, -0.05) is 26.2 Å². The first-order chi connectivity index (χ1) is 9.29. The first kappa shape index (κ1) is 14.8. The number of amides is 1. The average Bonchev–Trinajstić information content (AvgIpc) is 2.96. The van der Waals surface area contributed by atoms with Gasteiger partial charge in [-0.15, -0.1) is 0 Å². The van der Waals surface area contributed by atoms with E-state index in [0.29, 0.717) is 25.2 Å². The van der Waals surface area contributed by atoms with E-state index in [1.165, 1.54) is 38.5 Å². The average molecular weight is 268 g/mol. The third kappa shape index (κ3) is 4.77. The van der Waals surface area contributed by atoms with Crippen molar-refractivity contribution in [3.63, 3.8) is 0 Å². The number of rotatable bonds is 6. The number of hydrogen-bond donors (Lipinski definition) is 2. The van der Waals surface area contributed by atoms with Crippen molar-refractivity contribution in [3.05, 3.63) is 0 Å². The van der Waals surface area contributed by atoms with Gasteiger partial charge in [0.2, 0.25) is 5.91 Å². The number of carbonyl (C=O) groups excluding carboxylic acids is 1. The van der Waals surface area contributed by atoms with Gasteiger partial charge in [-0.05, 0) is 38.1 Å². The highest BCUT2D eigenvalue weighted by atomic mass is 16.5. The van der Waals surface area contributed by atoms with Crippen molar-refractivity contribution >= 4 is 5.91 Å². The van der Waals surface area contributed by atoms with Crippen LogP contribution >= 0.6 is 0 Å². The minimum absolute atomic E-state index is 0.00480. The van der Waals surface area contributed by atoms with Gasteiger partial charge in [0.1, 0.15) is 0 Å². The molecule has 2 N–H and O–H groups in total. The number of piperidine rings is 1. The molecular formula is C15H28N2O2. The monoisotopic (exact) mass is 268 g/mol. The van der Waals surface area contributed by atoms with Crippen LogP contribution in [0.15, 0.2) is 0 Å². The predicted molar refractivity (Wildman–Crippen MR) is 76.0 cm³/mol. The van der Waals surface area contributed by atoms with E-state index >= 15 is 0 Å². The van der Waals surface area contributed by atoms with Crippen molar-refractivity contribution in [2.24, 2.45) is 5.92 Å². The Morgan fingerprint density at radius 1 is 1.32 bits per heavy atom. The molecule has 1 amide bonds. The van der Waals surface area contributed by atoms with Gasteiger partial charge in [-0.3, -0.25) is 4.79 Å². The molecule has 4 heteroatoms. The summed E-state index contributed by atoms with van der Waals surface area (Å²) in [4.78, 5) is 12.0. The van der Waals surface area contributed by atoms with Crippen LogP contribution in [0, 0.1) is 5.92 Å². The van der Waals surface area contributed by atoms with Gasteiger partial charge >= 0.3 is 0 Å². The van der Waals surface area contributed by atoms with Gasteiger partial charge in [0.25, 0.3) is 0 Å². The maximum atomic E-state index is 12.0. The Kier molecular flexibility index (Phi) is 6.11. The quantitative estimate of drug-likeness (QED) is 0.723. The minimum Gasteiger partial charge on any atom is -0.376 e. The fraction of sp³-hybridized carbons (Fsp3) is 0.933. The highest BCUT2D eigenvalue weighted by Gasteiger charge is 2.25. The van der Waals surface area contributed by atoms with Crippen molar-refractivity contribution < 1.29 is 9.53 Å². The standard InChI is InChI=1S/C15H28N2O2/c1-2-12-7-8-16-14(11-12)15(18)17-9-10-19-13-5-3-4-6-13/h12-14,16H,2-11H2,1H3,(H,17,18). The first-order valence-electron chi connectivity index (χ1n) is 7.92. The molecule has 1 aliphatic heterocycles. The molecule has 1 heterocycles. The summed E-state index contributed by atoms with van der Waals surface area (Å²) in [5.74, 6) is 0.847. The van der Waals surface area contributed by atoms with Crippen molar-refractivity contribution in [2.45, 2.75) is 64.0 Å². The molecule has 2 atom stereocenters. The largest absolute Gasteiger partial charge is 0.376 e. The van der Waals surface area contributed by atoms with E-state index in [1.807, 2.05) is 0 Å². The van der Waals surface area contributed by atoms with E-state index in [4.69, 9.17) is 4.74 Å². The summed E-state index contributed by atoms with van der Waals surface area (Å²) in [6.45, 7) is 4.47. The van der Waals surface area contributed by atoms with Gasteiger partial charge in [0.15, 0.2) is 0 Å². The number of nitrogens with one attached hydrogen (secondary N) is 2. The maximum Gasteiger partial charge on any atom is 0.237 e. The van der Waals surface area contributed by atoms with Crippen LogP contribution in [-0.2, 0) is 9.53 Å². The van der Waals surface area contributed by atoms with Crippen molar-refractivity contribution in [3.8, 4) is 0 Å². The molecule has 0 bridgehead atoms. The van der Waals surface area contributed by atoms with Crippen LogP contribution < -0.4 is 10.6 Å². The van der Waals surface area contributed by atoms with Crippen LogP contribution in [0.25, 0.3) is 0 Å². The lowest BCUT2D eigenvalue weighted by molar-refractivity contribution is -0.124. The van der Waals surface area contributed by atoms with Gasteiger partial charge in [0, 0.05) is 6.54 Å². The highest BCUT2D eigenvalue weighted by Crippen LogP contribution is 2.21. The molecule has 0 radical (unpaired) electrons. The molecular weight excluding hydrogens is 240 g/mol. The number of ether oxygens (including phenoxy) is 1. The molecule has 1 saturated heterocycles. The molecule has 1 saturated carbocycles. The van der Waals surface area contributed by atoms with Crippen LogP contribution in [-0.4, -0.2) is 37.7 Å². The molecule has 2 fully saturated rings. The van der Waals surface area contributed by atoms with Crippen LogP contribution in [0.2, 0.25) is 0 Å². The highest BCUT2D eigenvalue weighted by molar-refractivity contribution is 5.81. The van der Waals surface area contributed by atoms with Crippen LogP contribution in [0.1, 0.15) is 51.9 Å². The van der Waals surface area contributed by atoms with E-state index in [-0.39, 0.29) is 11.9 Å². The molecule has 2 aliphatic rings. The molecule has 1 aliphatic carbocycles. The molecule has 0 aromatic heterocycles. The summed E-state index contributed by atoms with van der Waals surface area (Å²) in [5, 5.41) is 6.31. The molecule has 110 valence electrons. The normalized spacial score (nSPS) is 28.5. The predicted octanol–water partition coefficient (Wildman–Crippen LogP) is 1.84. The second-order valence-electron chi connectivity index (χ2n) is 5.87. The molecule has 0 spiro atoms. The van der Waals surface area contributed by atoms with Gasteiger partial charge in [0.05, 0.1) is 18.8 Å². The lowest BCUT2D eigenvalue weighted by atomic mass is 9.90. The summed E-state index contributed by atoms with van der Waals surface area (Å²) in [7, 11) is 0. The molecule has 4 nitrogen and oxygen atoms in total. The third-order valence-corrected chi connectivity index (χ3v) is 4.46. The lowest BCUT2D eigenvalue weighted by Crippen LogP contribution is -2.49. The fourth-order valence-electron chi connectivity index (χ4n) is 3.14. The van der Waals surface area contributed by atoms with Crippen molar-refractivity contribution in [1.82, 2.24) is 10.6 Å². The van der Waals surface area contributed by atoms with E-state index < -0.39 is 0 Å². The van der Waals surface area contributed by atoms with E-state index in [1.54, 1.807) is 0 Å². The summed E-state index contributed by atoms with van der Waals surface area (Å²) in [5.41, 5.74) is 0. The zero-order valence-electron chi connectivity index (χ0n) is 12.1. The summed E-state index contributed by atoms with van der Waals surface area (Å²) < 4.78 is 5.75. The Morgan fingerprint density at radius 2 is 2.11 bits per heavy atom. The molecule has 0 aromatic rings. The SMILES string of the molecule is CCC1CCNC(C(=O)NCCOC2CCCC2)C1. The Bertz CT molecular complexity index is 277. The Labute approximate surface area is 116 Å². The second-order valence-corrected chi connectivity index (χ2v) is 5.87. The smallest absolute Gasteiger partial charge is 0.237 e. The van der Waals surface area contributed by atoms with Crippen molar-refractivity contribution in [1.29, 1.82) is 0 Å². The number of hydrogen-bond acceptors (Lipinski definition) is 3. The van der Waals surface area contributed by atoms with Crippen molar-refractivity contribution in [2.75, 3.05) is 19.7 Å². The lowest BCUT2D eigenvalue weighted by Gasteiger charge is -2.28. The molecule has 0 aromatic carbocycles. The fourth-order valence-corrected chi connectivity index (χ4v) is 3.14. The summed E-state index contributed by atoms with van der Waals surface area (Å²) >= 11 is 0. The Hall–Kier alpha value is -0.610. The number of carbonyl (C=O) groups is 1. The topological polar surface area (TPSA) is 50.4 Å². The molecule has 2 rings (SSSR count). The zero-order chi connectivity index (χ0) is 13.5. The van der Waals surface area contributed by atoms with E-state index in [9.17, 15) is 4.79 Å².